The first kappa shape index (κ1) is 20.3. The van der Waals surface area contributed by atoms with Gasteiger partial charge in [0.25, 0.3) is 0 Å². The van der Waals surface area contributed by atoms with Crippen LogP contribution >= 0.6 is 11.3 Å². The minimum Gasteiger partial charge on any atom is -0.299 e. The van der Waals surface area contributed by atoms with Crippen molar-refractivity contribution in [2.45, 2.75) is 63.4 Å². The molecule has 0 aliphatic heterocycles. The van der Waals surface area contributed by atoms with Crippen LogP contribution in [0.3, 0.4) is 0 Å². The molecule has 1 aromatic heterocycles. The largest absolute Gasteiger partial charge is 0.308 e. The van der Waals surface area contributed by atoms with Gasteiger partial charge in [-0.3, -0.25) is 9.36 Å². The predicted octanol–water partition coefficient (Wildman–Crippen LogP) is 4.39. The molecule has 0 amide bonds. The molecule has 1 N–H and O–H groups in total. The molecule has 0 fully saturated rings. The van der Waals surface area contributed by atoms with Crippen LogP contribution in [0, 0.1) is 0 Å². The fourth-order valence-electron chi connectivity index (χ4n) is 4.13. The lowest BCUT2D eigenvalue weighted by atomic mass is 9.89. The highest BCUT2D eigenvalue weighted by Crippen LogP contribution is 2.28. The highest BCUT2D eigenvalue weighted by atomic mass is 32.2. The van der Waals surface area contributed by atoms with E-state index < -0.39 is 10.0 Å². The van der Waals surface area contributed by atoms with Gasteiger partial charge in [0.05, 0.1) is 15.1 Å². The standard InChI is InChI=1S/C22H26N2O3S2/c1-3-19(17-10-9-15-7-5-6-8-16(15)13-17)23-29(26,27)18-11-12-20-21(14-18)28-22(25)24(20)4-2/h9-14,19,23H,3-8H2,1-2H3/t19-/m0/s1. The molecule has 0 spiro atoms. The summed E-state index contributed by atoms with van der Waals surface area (Å²) in [6, 6.07) is 11.0. The van der Waals surface area contributed by atoms with Crippen molar-refractivity contribution in [3.8, 4) is 0 Å². The molecule has 4 rings (SSSR count). The molecule has 29 heavy (non-hydrogen) atoms. The molecule has 1 atom stereocenters. The van der Waals surface area contributed by atoms with Crippen molar-refractivity contribution < 1.29 is 8.42 Å². The number of nitrogens with zero attached hydrogens (tertiary/aromatic N) is 1. The average Bonchev–Trinajstić information content (AvgIpc) is 3.05. The highest BCUT2D eigenvalue weighted by Gasteiger charge is 2.22. The third kappa shape index (κ3) is 3.91. The third-order valence-corrected chi connectivity index (χ3v) is 8.16. The van der Waals surface area contributed by atoms with E-state index in [2.05, 4.69) is 22.9 Å². The topological polar surface area (TPSA) is 68.2 Å². The van der Waals surface area contributed by atoms with Crippen LogP contribution in [0.15, 0.2) is 46.1 Å². The van der Waals surface area contributed by atoms with Gasteiger partial charge in [0.15, 0.2) is 0 Å². The van der Waals surface area contributed by atoms with Gasteiger partial charge in [-0.25, -0.2) is 13.1 Å². The van der Waals surface area contributed by atoms with Crippen molar-refractivity contribution in [3.63, 3.8) is 0 Å². The Bertz CT molecular complexity index is 1210. The van der Waals surface area contributed by atoms with E-state index in [1.165, 1.54) is 24.0 Å². The fourth-order valence-corrected chi connectivity index (χ4v) is 6.53. The Balaban J connectivity index is 1.64. The molecule has 0 saturated heterocycles. The number of benzene rings is 2. The summed E-state index contributed by atoms with van der Waals surface area (Å²) >= 11 is 1.09. The molecule has 3 aromatic rings. The summed E-state index contributed by atoms with van der Waals surface area (Å²) in [6.45, 7) is 4.46. The number of nitrogens with one attached hydrogen (secondary N) is 1. The van der Waals surface area contributed by atoms with Crippen LogP contribution in [-0.4, -0.2) is 13.0 Å². The van der Waals surface area contributed by atoms with Gasteiger partial charge < -0.3 is 0 Å². The molecule has 1 heterocycles. The van der Waals surface area contributed by atoms with Crippen LogP contribution in [0.25, 0.3) is 10.2 Å². The molecule has 0 bridgehead atoms. The van der Waals surface area contributed by atoms with Gasteiger partial charge in [0.2, 0.25) is 10.0 Å². The summed E-state index contributed by atoms with van der Waals surface area (Å²) in [5.74, 6) is 0. The summed E-state index contributed by atoms with van der Waals surface area (Å²) in [5.41, 5.74) is 4.53. The second-order valence-corrected chi connectivity index (χ2v) is 10.3. The zero-order chi connectivity index (χ0) is 20.6. The smallest absolute Gasteiger partial charge is 0.299 e. The minimum absolute atomic E-state index is 0.0644. The second kappa shape index (κ2) is 8.05. The van der Waals surface area contributed by atoms with Crippen molar-refractivity contribution in [1.29, 1.82) is 0 Å². The predicted molar refractivity (Wildman–Crippen MR) is 118 cm³/mol. The number of sulfonamides is 1. The van der Waals surface area contributed by atoms with Gasteiger partial charge >= 0.3 is 4.87 Å². The number of aryl methyl sites for hydroxylation is 3. The zero-order valence-electron chi connectivity index (χ0n) is 16.8. The highest BCUT2D eigenvalue weighted by molar-refractivity contribution is 7.89. The maximum absolute atomic E-state index is 13.1. The first-order valence-electron chi connectivity index (χ1n) is 10.2. The normalized spacial score (nSPS) is 15.4. The first-order chi connectivity index (χ1) is 13.9. The van der Waals surface area contributed by atoms with Crippen molar-refractivity contribution in [2.75, 3.05) is 0 Å². The van der Waals surface area contributed by atoms with Crippen molar-refractivity contribution in [1.82, 2.24) is 9.29 Å². The number of aromatic nitrogens is 1. The Hall–Kier alpha value is -1.96. The van der Waals surface area contributed by atoms with E-state index in [1.54, 1.807) is 22.8 Å². The summed E-state index contributed by atoms with van der Waals surface area (Å²) < 4.78 is 31.4. The Morgan fingerprint density at radius 2 is 1.83 bits per heavy atom. The van der Waals surface area contributed by atoms with Gasteiger partial charge in [0.1, 0.15) is 0 Å². The van der Waals surface area contributed by atoms with Gasteiger partial charge in [-0.2, -0.15) is 0 Å². The molecule has 0 radical (unpaired) electrons. The molecule has 1 aliphatic carbocycles. The van der Waals surface area contributed by atoms with Crippen LogP contribution < -0.4 is 9.60 Å². The maximum atomic E-state index is 13.1. The summed E-state index contributed by atoms with van der Waals surface area (Å²) in [6.07, 6.45) is 5.26. The van der Waals surface area contributed by atoms with E-state index in [4.69, 9.17) is 0 Å². The molecule has 5 nitrogen and oxygen atoms in total. The number of thiazole rings is 1. The van der Waals surface area contributed by atoms with Crippen LogP contribution in [-0.2, 0) is 29.4 Å². The molecule has 2 aromatic carbocycles. The van der Waals surface area contributed by atoms with E-state index in [0.717, 1.165) is 35.3 Å². The Morgan fingerprint density at radius 1 is 1.07 bits per heavy atom. The number of fused-ring (bicyclic) bond motifs is 2. The molecular formula is C22H26N2O3S2. The lowest BCUT2D eigenvalue weighted by molar-refractivity contribution is 0.549. The summed E-state index contributed by atoms with van der Waals surface area (Å²) in [5, 5.41) is 0. The summed E-state index contributed by atoms with van der Waals surface area (Å²) in [7, 11) is -3.70. The average molecular weight is 431 g/mol. The van der Waals surface area contributed by atoms with E-state index >= 15 is 0 Å². The van der Waals surface area contributed by atoms with Gasteiger partial charge in [-0.1, -0.05) is 36.5 Å². The third-order valence-electron chi connectivity index (χ3n) is 5.75. The van der Waals surface area contributed by atoms with Crippen LogP contribution in [0.1, 0.15) is 55.8 Å². The van der Waals surface area contributed by atoms with Crippen LogP contribution in [0.4, 0.5) is 0 Å². The molecule has 1 aliphatic rings. The van der Waals surface area contributed by atoms with Gasteiger partial charge in [-0.15, -0.1) is 0 Å². The SMILES string of the molecule is CC[C@H](NS(=O)(=O)c1ccc2c(c1)sc(=O)n2CC)c1ccc2c(c1)CCCC2. The number of hydrogen-bond acceptors (Lipinski definition) is 4. The first-order valence-corrected chi connectivity index (χ1v) is 12.5. The van der Waals surface area contributed by atoms with Crippen molar-refractivity contribution in [3.05, 3.63) is 62.8 Å². The quantitative estimate of drug-likeness (QED) is 0.631. The molecule has 7 heteroatoms. The van der Waals surface area contributed by atoms with Gasteiger partial charge in [-0.05, 0) is 73.9 Å². The maximum Gasteiger partial charge on any atom is 0.308 e. The monoisotopic (exact) mass is 430 g/mol. The molecule has 0 saturated carbocycles. The minimum atomic E-state index is -3.70. The van der Waals surface area contributed by atoms with E-state index in [0.29, 0.717) is 17.7 Å². The molecule has 0 unspecified atom stereocenters. The Labute approximate surface area is 175 Å². The lowest BCUT2D eigenvalue weighted by Gasteiger charge is -2.21. The van der Waals surface area contributed by atoms with E-state index in [-0.39, 0.29) is 15.8 Å². The van der Waals surface area contributed by atoms with Crippen LogP contribution in [0.5, 0.6) is 0 Å². The molecule has 154 valence electrons. The Morgan fingerprint density at radius 3 is 2.55 bits per heavy atom. The van der Waals surface area contributed by atoms with E-state index in [1.807, 2.05) is 13.8 Å². The fraction of sp³-hybridized carbons (Fsp3) is 0.409. The van der Waals surface area contributed by atoms with Crippen molar-refractivity contribution in [2.24, 2.45) is 0 Å². The summed E-state index contributed by atoms with van der Waals surface area (Å²) in [4.78, 5) is 12.2. The zero-order valence-corrected chi connectivity index (χ0v) is 18.4. The van der Waals surface area contributed by atoms with Crippen LogP contribution in [0.2, 0.25) is 0 Å². The van der Waals surface area contributed by atoms with Gasteiger partial charge in [0, 0.05) is 12.6 Å². The number of rotatable bonds is 6. The Kier molecular flexibility index (Phi) is 5.64. The van der Waals surface area contributed by atoms with E-state index in [9.17, 15) is 13.2 Å². The molecular weight excluding hydrogens is 404 g/mol. The number of hydrogen-bond donors (Lipinski definition) is 1. The second-order valence-electron chi connectivity index (χ2n) is 7.56. The lowest BCUT2D eigenvalue weighted by Crippen LogP contribution is -2.28. The van der Waals surface area contributed by atoms with Crippen molar-refractivity contribution >= 4 is 31.6 Å².